The van der Waals surface area contributed by atoms with Crippen molar-refractivity contribution in [2.45, 2.75) is 0 Å². The average molecular weight is 373 g/mol. The Morgan fingerprint density at radius 2 is 2.13 bits per heavy atom. The van der Waals surface area contributed by atoms with Gasteiger partial charge in [0.15, 0.2) is 5.76 Å². The van der Waals surface area contributed by atoms with Gasteiger partial charge in [-0.25, -0.2) is 0 Å². The molecule has 23 heavy (non-hydrogen) atoms. The minimum Gasteiger partial charge on any atom is -0.356 e. The third kappa shape index (κ3) is 2.79. The zero-order chi connectivity index (χ0) is 15.8. The van der Waals surface area contributed by atoms with Crippen molar-refractivity contribution in [3.8, 4) is 11.3 Å². The van der Waals surface area contributed by atoms with Crippen LogP contribution in [-0.4, -0.2) is 41.6 Å². The molecule has 7 heteroatoms. The van der Waals surface area contributed by atoms with Crippen molar-refractivity contribution >= 4 is 33.9 Å². The second kappa shape index (κ2) is 5.66. The molecule has 0 spiro atoms. The number of carbonyl (C=O) groups is 1. The van der Waals surface area contributed by atoms with Crippen LogP contribution in [-0.2, 0) is 4.79 Å². The Morgan fingerprint density at radius 3 is 2.96 bits per heavy atom. The quantitative estimate of drug-likeness (QED) is 0.821. The second-order valence-corrected chi connectivity index (χ2v) is 6.29. The van der Waals surface area contributed by atoms with Crippen LogP contribution in [0.1, 0.15) is 5.69 Å². The molecule has 2 aliphatic heterocycles. The van der Waals surface area contributed by atoms with Crippen LogP contribution < -0.4 is 5.32 Å². The van der Waals surface area contributed by atoms with Gasteiger partial charge in [0.1, 0.15) is 5.69 Å². The summed E-state index contributed by atoms with van der Waals surface area (Å²) in [5.41, 5.74) is 2.22. The summed E-state index contributed by atoms with van der Waals surface area (Å²) in [6, 6.07) is 9.61. The number of hydrogen-bond acceptors (Lipinski definition) is 5. The molecular formula is C16H13BrN4O2. The number of nitrogens with one attached hydrogen (secondary N) is 1. The molecule has 2 aliphatic rings. The molecule has 1 fully saturated rings. The van der Waals surface area contributed by atoms with Crippen molar-refractivity contribution in [3.05, 3.63) is 46.1 Å². The fourth-order valence-corrected chi connectivity index (χ4v) is 2.88. The first kappa shape index (κ1) is 14.2. The van der Waals surface area contributed by atoms with Crippen LogP contribution in [0.25, 0.3) is 17.4 Å². The number of benzene rings is 1. The van der Waals surface area contributed by atoms with Crippen LogP contribution in [0.3, 0.4) is 0 Å². The summed E-state index contributed by atoms with van der Waals surface area (Å²) >= 11 is 3.40. The molecule has 0 unspecified atom stereocenters. The number of aromatic nitrogens is 1. The highest BCUT2D eigenvalue weighted by atomic mass is 79.9. The largest absolute Gasteiger partial charge is 0.356 e. The van der Waals surface area contributed by atoms with Gasteiger partial charge in [0.2, 0.25) is 5.96 Å². The first-order valence-corrected chi connectivity index (χ1v) is 8.02. The lowest BCUT2D eigenvalue weighted by molar-refractivity contribution is -0.116. The normalized spacial score (nSPS) is 18.8. The first-order chi connectivity index (χ1) is 11.2. The van der Waals surface area contributed by atoms with Gasteiger partial charge in [-0.05, 0) is 18.2 Å². The van der Waals surface area contributed by atoms with E-state index in [0.29, 0.717) is 29.5 Å². The van der Waals surface area contributed by atoms with Crippen molar-refractivity contribution in [2.75, 3.05) is 19.6 Å². The van der Waals surface area contributed by atoms with Gasteiger partial charge in [0, 0.05) is 28.2 Å². The maximum Gasteiger partial charge on any atom is 0.255 e. The molecule has 0 saturated carbocycles. The van der Waals surface area contributed by atoms with Crippen LogP contribution in [0.15, 0.2) is 49.9 Å². The SMILES string of the molecule is O=C1NC2=NCCN2C/C1=C/c1cc(-c2ccc(Br)cc2)on1. The second-order valence-electron chi connectivity index (χ2n) is 5.37. The van der Waals surface area contributed by atoms with E-state index in [2.05, 4.69) is 31.4 Å². The summed E-state index contributed by atoms with van der Waals surface area (Å²) in [5, 5.41) is 6.84. The number of nitrogens with zero attached hydrogens (tertiary/aromatic N) is 3. The highest BCUT2D eigenvalue weighted by Crippen LogP contribution is 2.24. The van der Waals surface area contributed by atoms with E-state index >= 15 is 0 Å². The van der Waals surface area contributed by atoms with Crippen LogP contribution in [0, 0.1) is 0 Å². The fraction of sp³-hybridized carbons (Fsp3) is 0.188. The van der Waals surface area contributed by atoms with E-state index in [0.717, 1.165) is 23.1 Å². The summed E-state index contributed by atoms with van der Waals surface area (Å²) in [5.74, 6) is 1.21. The summed E-state index contributed by atoms with van der Waals surface area (Å²) in [6.45, 7) is 2.10. The van der Waals surface area contributed by atoms with Crippen LogP contribution in [0.5, 0.6) is 0 Å². The third-order valence-corrected chi connectivity index (χ3v) is 4.32. The van der Waals surface area contributed by atoms with Crippen molar-refractivity contribution < 1.29 is 9.32 Å². The van der Waals surface area contributed by atoms with E-state index < -0.39 is 0 Å². The van der Waals surface area contributed by atoms with Gasteiger partial charge in [0.05, 0.1) is 13.1 Å². The Kier molecular flexibility index (Phi) is 3.49. The molecule has 1 N–H and O–H groups in total. The predicted octanol–water partition coefficient (Wildman–Crippen LogP) is 2.29. The molecule has 1 amide bonds. The number of guanidine groups is 1. The minimum absolute atomic E-state index is 0.130. The molecule has 6 nitrogen and oxygen atoms in total. The van der Waals surface area contributed by atoms with Gasteiger partial charge >= 0.3 is 0 Å². The Labute approximate surface area is 141 Å². The Balaban J connectivity index is 1.58. The number of amides is 1. The molecule has 4 rings (SSSR count). The van der Waals surface area contributed by atoms with Crippen molar-refractivity contribution in [2.24, 2.45) is 4.99 Å². The Bertz CT molecular complexity index is 823. The number of halogens is 1. The highest BCUT2D eigenvalue weighted by molar-refractivity contribution is 9.10. The van der Waals surface area contributed by atoms with Crippen molar-refractivity contribution in [1.82, 2.24) is 15.4 Å². The molecule has 0 aliphatic carbocycles. The molecule has 0 radical (unpaired) electrons. The van der Waals surface area contributed by atoms with Gasteiger partial charge in [-0.15, -0.1) is 0 Å². The minimum atomic E-state index is -0.130. The van der Waals surface area contributed by atoms with Crippen molar-refractivity contribution in [3.63, 3.8) is 0 Å². The molecule has 0 atom stereocenters. The number of aliphatic imine (C=N–C) groups is 1. The molecule has 1 aromatic heterocycles. The summed E-state index contributed by atoms with van der Waals surface area (Å²) < 4.78 is 6.38. The average Bonchev–Trinajstić information content (AvgIpc) is 3.18. The van der Waals surface area contributed by atoms with Crippen molar-refractivity contribution in [1.29, 1.82) is 0 Å². The van der Waals surface area contributed by atoms with Gasteiger partial charge in [0.25, 0.3) is 5.91 Å². The van der Waals surface area contributed by atoms with Crippen LogP contribution in [0.4, 0.5) is 0 Å². The summed E-state index contributed by atoms with van der Waals surface area (Å²) in [6.07, 6.45) is 1.76. The van der Waals surface area contributed by atoms with E-state index in [1.54, 1.807) is 6.08 Å². The van der Waals surface area contributed by atoms with Gasteiger partial charge in [-0.3, -0.25) is 15.1 Å². The number of fused-ring (bicyclic) bond motifs is 1. The van der Waals surface area contributed by atoms with E-state index in [1.165, 1.54) is 0 Å². The smallest absolute Gasteiger partial charge is 0.255 e. The number of carbonyl (C=O) groups excluding carboxylic acids is 1. The molecular weight excluding hydrogens is 360 g/mol. The highest BCUT2D eigenvalue weighted by Gasteiger charge is 2.28. The Hall–Kier alpha value is -2.41. The lowest BCUT2D eigenvalue weighted by atomic mass is 10.1. The van der Waals surface area contributed by atoms with Crippen LogP contribution >= 0.6 is 15.9 Å². The lowest BCUT2D eigenvalue weighted by Gasteiger charge is -2.26. The molecule has 1 aromatic carbocycles. The summed E-state index contributed by atoms with van der Waals surface area (Å²) in [4.78, 5) is 18.4. The molecule has 3 heterocycles. The van der Waals surface area contributed by atoms with Gasteiger partial charge in [-0.1, -0.05) is 33.2 Å². The fourth-order valence-electron chi connectivity index (χ4n) is 2.61. The standard InChI is InChI=1S/C16H13BrN4O2/c17-12-3-1-10(2-4-12)14-8-13(20-23-14)7-11-9-21-6-5-18-16(21)19-15(11)22/h1-4,7-8H,5-6,9H2,(H,18,19,22)/b11-7-. The molecule has 1 saturated heterocycles. The van der Waals surface area contributed by atoms with E-state index in [9.17, 15) is 4.79 Å². The van der Waals surface area contributed by atoms with Gasteiger partial charge < -0.3 is 9.42 Å². The van der Waals surface area contributed by atoms with E-state index in [4.69, 9.17) is 4.52 Å². The van der Waals surface area contributed by atoms with Crippen LogP contribution in [0.2, 0.25) is 0 Å². The lowest BCUT2D eigenvalue weighted by Crippen LogP contribution is -2.49. The number of hydrogen-bond donors (Lipinski definition) is 1. The monoisotopic (exact) mass is 372 g/mol. The summed E-state index contributed by atoms with van der Waals surface area (Å²) in [7, 11) is 0. The maximum atomic E-state index is 12.1. The van der Waals surface area contributed by atoms with E-state index in [-0.39, 0.29) is 5.91 Å². The first-order valence-electron chi connectivity index (χ1n) is 7.23. The maximum absolute atomic E-state index is 12.1. The molecule has 0 bridgehead atoms. The number of rotatable bonds is 2. The zero-order valence-corrected chi connectivity index (χ0v) is 13.7. The topological polar surface area (TPSA) is 70.7 Å². The molecule has 2 aromatic rings. The molecule has 116 valence electrons. The third-order valence-electron chi connectivity index (χ3n) is 3.79. The van der Waals surface area contributed by atoms with Gasteiger partial charge in [-0.2, -0.15) is 0 Å². The Morgan fingerprint density at radius 1 is 1.30 bits per heavy atom. The van der Waals surface area contributed by atoms with E-state index in [1.807, 2.05) is 35.2 Å². The predicted molar refractivity (Wildman–Crippen MR) is 89.6 cm³/mol. The zero-order valence-electron chi connectivity index (χ0n) is 12.1.